The Kier molecular flexibility index (Phi) is 3.94. The fourth-order valence-corrected chi connectivity index (χ4v) is 3.29. The van der Waals surface area contributed by atoms with E-state index in [1.54, 1.807) is 6.92 Å². The molecule has 0 saturated carbocycles. The number of nitrogens with one attached hydrogen (secondary N) is 1. The van der Waals surface area contributed by atoms with Crippen molar-refractivity contribution in [2.75, 3.05) is 11.6 Å². The molecule has 0 bridgehead atoms. The third kappa shape index (κ3) is 3.04. The molecular weight excluding hydrogens is 274 g/mol. The predicted molar refractivity (Wildman–Crippen MR) is 72.3 cm³/mol. The molecular formula is C12H14ClNO3S. The summed E-state index contributed by atoms with van der Waals surface area (Å²) in [5.74, 6) is 0.566. The zero-order valence-electron chi connectivity index (χ0n) is 9.89. The van der Waals surface area contributed by atoms with Crippen LogP contribution in [0.5, 0.6) is 0 Å². The molecule has 1 aromatic heterocycles. The molecule has 0 fully saturated rings. The highest BCUT2D eigenvalue weighted by atomic mass is 35.5. The molecule has 2 rings (SSSR count). The lowest BCUT2D eigenvalue weighted by Crippen LogP contribution is -2.29. The topological polar surface area (TPSA) is 59.3 Å². The van der Waals surface area contributed by atoms with Crippen LogP contribution < -0.4 is 4.72 Å². The lowest BCUT2D eigenvalue weighted by atomic mass is 10.2. The molecule has 0 spiro atoms. The van der Waals surface area contributed by atoms with Crippen LogP contribution in [0.2, 0.25) is 0 Å². The van der Waals surface area contributed by atoms with Crippen molar-refractivity contribution in [2.24, 2.45) is 0 Å². The van der Waals surface area contributed by atoms with Crippen LogP contribution in [0.3, 0.4) is 0 Å². The first kappa shape index (κ1) is 13.4. The van der Waals surface area contributed by atoms with Gasteiger partial charge in [0.1, 0.15) is 11.3 Å². The van der Waals surface area contributed by atoms with Crippen LogP contribution in [0.25, 0.3) is 11.0 Å². The van der Waals surface area contributed by atoms with E-state index in [4.69, 9.17) is 16.0 Å². The second-order valence-corrected chi connectivity index (χ2v) is 6.29. The van der Waals surface area contributed by atoms with Gasteiger partial charge < -0.3 is 4.42 Å². The zero-order valence-corrected chi connectivity index (χ0v) is 11.5. The number of hydrogen-bond donors (Lipinski definition) is 1. The Balaban J connectivity index is 2.21. The maximum Gasteiger partial charge on any atom is 0.213 e. The van der Waals surface area contributed by atoms with Gasteiger partial charge in [-0.2, -0.15) is 0 Å². The van der Waals surface area contributed by atoms with Crippen LogP contribution in [0.1, 0.15) is 18.7 Å². The smallest absolute Gasteiger partial charge is 0.213 e. The van der Waals surface area contributed by atoms with Gasteiger partial charge in [0.2, 0.25) is 10.0 Å². The molecule has 1 atom stereocenters. The average molecular weight is 288 g/mol. The SMILES string of the molecule is CC(NS(=O)(=O)CCCl)c1cc2ccccc2o1. The summed E-state index contributed by atoms with van der Waals surface area (Å²) < 4.78 is 31.3. The molecule has 0 saturated heterocycles. The molecule has 1 N–H and O–H groups in total. The third-order valence-corrected chi connectivity index (χ3v) is 4.44. The molecule has 1 aromatic carbocycles. The van der Waals surface area contributed by atoms with E-state index in [0.29, 0.717) is 5.76 Å². The number of alkyl halides is 1. The summed E-state index contributed by atoms with van der Waals surface area (Å²) in [6.45, 7) is 1.74. The number of para-hydroxylation sites is 1. The average Bonchev–Trinajstić information content (AvgIpc) is 2.71. The molecule has 2 aromatic rings. The monoisotopic (exact) mass is 287 g/mol. The van der Waals surface area contributed by atoms with Crippen molar-refractivity contribution in [3.05, 3.63) is 36.1 Å². The number of sulfonamides is 1. The highest BCUT2D eigenvalue weighted by Crippen LogP contribution is 2.23. The van der Waals surface area contributed by atoms with Crippen LogP contribution in [0.4, 0.5) is 0 Å². The molecule has 0 radical (unpaired) electrons. The van der Waals surface area contributed by atoms with Crippen molar-refractivity contribution in [1.29, 1.82) is 0 Å². The van der Waals surface area contributed by atoms with E-state index in [-0.39, 0.29) is 11.6 Å². The minimum atomic E-state index is -3.36. The van der Waals surface area contributed by atoms with E-state index in [2.05, 4.69) is 4.72 Å². The molecule has 4 nitrogen and oxygen atoms in total. The van der Waals surface area contributed by atoms with Crippen molar-refractivity contribution in [3.8, 4) is 0 Å². The van der Waals surface area contributed by atoms with Crippen molar-refractivity contribution in [3.63, 3.8) is 0 Å². The van der Waals surface area contributed by atoms with Crippen LogP contribution in [0, 0.1) is 0 Å². The molecule has 6 heteroatoms. The Morgan fingerprint density at radius 1 is 1.39 bits per heavy atom. The first-order valence-electron chi connectivity index (χ1n) is 5.56. The number of furan rings is 1. The van der Waals surface area contributed by atoms with Gasteiger partial charge in [-0.05, 0) is 19.1 Å². The van der Waals surface area contributed by atoms with Crippen LogP contribution in [0.15, 0.2) is 34.7 Å². The van der Waals surface area contributed by atoms with E-state index >= 15 is 0 Å². The second kappa shape index (κ2) is 5.30. The Hall–Kier alpha value is -1.04. The highest BCUT2D eigenvalue weighted by molar-refractivity contribution is 7.89. The number of benzene rings is 1. The molecule has 98 valence electrons. The molecule has 18 heavy (non-hydrogen) atoms. The predicted octanol–water partition coefficient (Wildman–Crippen LogP) is 2.65. The Morgan fingerprint density at radius 3 is 2.78 bits per heavy atom. The van der Waals surface area contributed by atoms with Gasteiger partial charge in [0.15, 0.2) is 0 Å². The molecule has 0 aliphatic rings. The van der Waals surface area contributed by atoms with Gasteiger partial charge in [-0.15, -0.1) is 11.6 Å². The molecule has 1 unspecified atom stereocenters. The lowest BCUT2D eigenvalue weighted by molar-refractivity contribution is 0.485. The van der Waals surface area contributed by atoms with E-state index in [9.17, 15) is 8.42 Å². The van der Waals surface area contributed by atoms with Gasteiger partial charge in [-0.25, -0.2) is 13.1 Å². The Morgan fingerprint density at radius 2 is 2.11 bits per heavy atom. The van der Waals surface area contributed by atoms with E-state index < -0.39 is 16.1 Å². The molecule has 0 aliphatic carbocycles. The van der Waals surface area contributed by atoms with Crippen molar-refractivity contribution < 1.29 is 12.8 Å². The largest absolute Gasteiger partial charge is 0.459 e. The molecule has 0 aliphatic heterocycles. The summed E-state index contributed by atoms with van der Waals surface area (Å²) in [6.07, 6.45) is 0. The summed E-state index contributed by atoms with van der Waals surface area (Å²) in [6, 6.07) is 8.97. The van der Waals surface area contributed by atoms with Crippen LogP contribution in [-0.2, 0) is 10.0 Å². The summed E-state index contributed by atoms with van der Waals surface area (Å²) in [7, 11) is -3.36. The minimum absolute atomic E-state index is 0.0716. The highest BCUT2D eigenvalue weighted by Gasteiger charge is 2.18. The summed E-state index contributed by atoms with van der Waals surface area (Å²) in [4.78, 5) is 0. The Labute approximate surface area is 111 Å². The van der Waals surface area contributed by atoms with Gasteiger partial charge in [-0.3, -0.25) is 0 Å². The first-order valence-corrected chi connectivity index (χ1v) is 7.75. The molecule has 0 amide bonds. The maximum atomic E-state index is 11.6. The van der Waals surface area contributed by atoms with E-state index in [0.717, 1.165) is 11.0 Å². The summed E-state index contributed by atoms with van der Waals surface area (Å²) in [5.41, 5.74) is 0.746. The normalized spacial score (nSPS) is 13.9. The number of halogens is 1. The quantitative estimate of drug-likeness (QED) is 0.860. The van der Waals surface area contributed by atoms with Crippen molar-refractivity contribution >= 4 is 32.6 Å². The Bertz CT molecular complexity index is 603. The second-order valence-electron chi connectivity index (χ2n) is 4.03. The van der Waals surface area contributed by atoms with Crippen molar-refractivity contribution in [2.45, 2.75) is 13.0 Å². The van der Waals surface area contributed by atoms with Gasteiger partial charge in [0.05, 0.1) is 11.8 Å². The molecule has 1 heterocycles. The maximum absolute atomic E-state index is 11.6. The third-order valence-electron chi connectivity index (χ3n) is 2.57. The minimum Gasteiger partial charge on any atom is -0.459 e. The van der Waals surface area contributed by atoms with Crippen molar-refractivity contribution in [1.82, 2.24) is 4.72 Å². The summed E-state index contributed by atoms with van der Waals surface area (Å²) >= 11 is 5.44. The van der Waals surface area contributed by atoms with Crippen LogP contribution in [-0.4, -0.2) is 20.1 Å². The lowest BCUT2D eigenvalue weighted by Gasteiger charge is -2.10. The standard InChI is InChI=1S/C12H14ClNO3S/c1-9(14-18(15,16)7-6-13)12-8-10-4-2-3-5-11(10)17-12/h2-5,8-9,14H,6-7H2,1H3. The number of hydrogen-bond acceptors (Lipinski definition) is 3. The fourth-order valence-electron chi connectivity index (χ4n) is 1.70. The fraction of sp³-hybridized carbons (Fsp3) is 0.333. The summed E-state index contributed by atoms with van der Waals surface area (Å²) in [5, 5.41) is 0.955. The zero-order chi connectivity index (χ0) is 13.2. The van der Waals surface area contributed by atoms with E-state index in [1.165, 1.54) is 0 Å². The van der Waals surface area contributed by atoms with Gasteiger partial charge in [0, 0.05) is 11.3 Å². The van der Waals surface area contributed by atoms with Gasteiger partial charge >= 0.3 is 0 Å². The van der Waals surface area contributed by atoms with Crippen LogP contribution >= 0.6 is 11.6 Å². The number of rotatable bonds is 5. The van der Waals surface area contributed by atoms with E-state index in [1.807, 2.05) is 30.3 Å². The van der Waals surface area contributed by atoms with Gasteiger partial charge in [0.25, 0.3) is 0 Å². The first-order chi connectivity index (χ1) is 8.52. The van der Waals surface area contributed by atoms with Gasteiger partial charge in [-0.1, -0.05) is 18.2 Å². The number of fused-ring (bicyclic) bond motifs is 1.